The Bertz CT molecular complexity index is 902. The molecule has 3 aromatic rings. The van der Waals surface area contributed by atoms with Gasteiger partial charge in [-0.2, -0.15) is 5.10 Å². The van der Waals surface area contributed by atoms with Crippen molar-refractivity contribution in [1.82, 2.24) is 19.2 Å². The van der Waals surface area contributed by atoms with E-state index in [0.717, 1.165) is 0 Å². The number of carbonyl (C=O) groups is 1. The Kier molecular flexibility index (Phi) is 4.30. The molecule has 1 saturated heterocycles. The number of aromatic nitrogens is 3. The highest BCUT2D eigenvalue weighted by atomic mass is 19.1. The second kappa shape index (κ2) is 6.76. The van der Waals surface area contributed by atoms with Gasteiger partial charge in [0.05, 0.1) is 24.6 Å². The van der Waals surface area contributed by atoms with Gasteiger partial charge in [-0.25, -0.2) is 9.07 Å². The van der Waals surface area contributed by atoms with Crippen molar-refractivity contribution >= 4 is 5.91 Å². The lowest BCUT2D eigenvalue weighted by Gasteiger charge is -2.31. The molecule has 1 fully saturated rings. The summed E-state index contributed by atoms with van der Waals surface area (Å²) >= 11 is 0. The normalized spacial score (nSPS) is 17.5. The second-order valence-corrected chi connectivity index (χ2v) is 6.29. The molecule has 7 heteroatoms. The maximum atomic E-state index is 13.3. The Morgan fingerprint density at radius 3 is 2.65 bits per heavy atom. The Morgan fingerprint density at radius 1 is 1.23 bits per heavy atom. The average Bonchev–Trinajstić information content (AvgIpc) is 3.31. The molecule has 26 heavy (non-hydrogen) atoms. The van der Waals surface area contributed by atoms with Crippen LogP contribution in [0.5, 0.6) is 0 Å². The molecule has 0 bridgehead atoms. The van der Waals surface area contributed by atoms with Crippen LogP contribution >= 0.6 is 0 Å². The molecule has 4 rings (SSSR count). The summed E-state index contributed by atoms with van der Waals surface area (Å²) in [5.41, 5.74) is 1.18. The minimum atomic E-state index is -0.318. The van der Waals surface area contributed by atoms with Crippen molar-refractivity contribution in [3.8, 4) is 11.5 Å². The van der Waals surface area contributed by atoms with Crippen LogP contribution in [0.2, 0.25) is 0 Å². The van der Waals surface area contributed by atoms with Crippen LogP contribution in [0.15, 0.2) is 55.0 Å². The number of amides is 1. The van der Waals surface area contributed by atoms with E-state index < -0.39 is 0 Å². The topological polar surface area (TPSA) is 52.3 Å². The Labute approximate surface area is 150 Å². The van der Waals surface area contributed by atoms with Crippen LogP contribution in [0.1, 0.15) is 17.3 Å². The third-order valence-electron chi connectivity index (χ3n) is 4.42. The SMILES string of the molecule is C[C@@H]1CN(C(=O)c2cnn(-c3ccc(F)cc3)c2-n2cccc2)CCO1. The molecule has 0 unspecified atom stereocenters. The summed E-state index contributed by atoms with van der Waals surface area (Å²) in [7, 11) is 0. The number of hydrogen-bond donors (Lipinski definition) is 0. The molecule has 1 atom stereocenters. The third-order valence-corrected chi connectivity index (χ3v) is 4.42. The van der Waals surface area contributed by atoms with Gasteiger partial charge in [-0.3, -0.25) is 4.79 Å². The van der Waals surface area contributed by atoms with Crippen LogP contribution in [-0.2, 0) is 4.74 Å². The third kappa shape index (κ3) is 3.01. The zero-order chi connectivity index (χ0) is 18.1. The summed E-state index contributed by atoms with van der Waals surface area (Å²) in [5.74, 6) is 0.227. The molecular weight excluding hydrogens is 335 g/mol. The van der Waals surface area contributed by atoms with E-state index in [-0.39, 0.29) is 17.8 Å². The summed E-state index contributed by atoms with van der Waals surface area (Å²) in [6.45, 7) is 3.58. The first-order valence-electron chi connectivity index (χ1n) is 8.51. The van der Waals surface area contributed by atoms with Crippen LogP contribution in [0.25, 0.3) is 11.5 Å². The molecule has 0 radical (unpaired) electrons. The predicted octanol–water partition coefficient (Wildman–Crippen LogP) is 2.66. The number of ether oxygens (including phenoxy) is 1. The zero-order valence-electron chi connectivity index (χ0n) is 14.4. The Balaban J connectivity index is 1.78. The molecule has 0 saturated carbocycles. The minimum absolute atomic E-state index is 0.00914. The van der Waals surface area contributed by atoms with Gasteiger partial charge in [0.25, 0.3) is 5.91 Å². The van der Waals surface area contributed by atoms with E-state index in [1.165, 1.54) is 12.1 Å². The molecule has 0 N–H and O–H groups in total. The monoisotopic (exact) mass is 354 g/mol. The van der Waals surface area contributed by atoms with E-state index in [1.807, 2.05) is 36.0 Å². The summed E-state index contributed by atoms with van der Waals surface area (Å²) < 4.78 is 22.3. The highest BCUT2D eigenvalue weighted by Gasteiger charge is 2.27. The lowest BCUT2D eigenvalue weighted by molar-refractivity contribution is -0.0124. The van der Waals surface area contributed by atoms with Gasteiger partial charge in [0, 0.05) is 25.5 Å². The van der Waals surface area contributed by atoms with Gasteiger partial charge in [-0.15, -0.1) is 0 Å². The molecular formula is C19H19FN4O2. The highest BCUT2D eigenvalue weighted by Crippen LogP contribution is 2.22. The van der Waals surface area contributed by atoms with Crippen LogP contribution in [-0.4, -0.2) is 51.0 Å². The minimum Gasteiger partial charge on any atom is -0.375 e. The molecule has 3 heterocycles. The fourth-order valence-electron chi connectivity index (χ4n) is 3.16. The average molecular weight is 354 g/mol. The van der Waals surface area contributed by atoms with Gasteiger partial charge >= 0.3 is 0 Å². The van der Waals surface area contributed by atoms with Gasteiger partial charge in [0.15, 0.2) is 5.82 Å². The van der Waals surface area contributed by atoms with Crippen molar-refractivity contribution in [1.29, 1.82) is 0 Å². The summed E-state index contributed by atoms with van der Waals surface area (Å²) in [6.07, 6.45) is 5.29. The first kappa shape index (κ1) is 16.5. The van der Waals surface area contributed by atoms with Crippen LogP contribution in [0.3, 0.4) is 0 Å². The highest BCUT2D eigenvalue weighted by molar-refractivity contribution is 5.97. The van der Waals surface area contributed by atoms with E-state index >= 15 is 0 Å². The van der Waals surface area contributed by atoms with Gasteiger partial charge in [0.1, 0.15) is 11.4 Å². The van der Waals surface area contributed by atoms with Crippen molar-refractivity contribution in [3.63, 3.8) is 0 Å². The van der Waals surface area contributed by atoms with Crippen molar-refractivity contribution in [2.45, 2.75) is 13.0 Å². The number of hydrogen-bond acceptors (Lipinski definition) is 3. The molecule has 134 valence electrons. The lowest BCUT2D eigenvalue weighted by atomic mass is 10.2. The maximum Gasteiger partial charge on any atom is 0.259 e. The van der Waals surface area contributed by atoms with E-state index in [2.05, 4.69) is 5.10 Å². The smallest absolute Gasteiger partial charge is 0.259 e. The van der Waals surface area contributed by atoms with Crippen molar-refractivity contribution in [2.24, 2.45) is 0 Å². The summed E-state index contributed by atoms with van der Waals surface area (Å²) in [5, 5.41) is 4.40. The number of morpholine rings is 1. The van der Waals surface area contributed by atoms with Crippen molar-refractivity contribution < 1.29 is 13.9 Å². The van der Waals surface area contributed by atoms with Crippen molar-refractivity contribution in [3.05, 3.63) is 66.4 Å². The lowest BCUT2D eigenvalue weighted by Crippen LogP contribution is -2.44. The fourth-order valence-corrected chi connectivity index (χ4v) is 3.16. The number of benzene rings is 1. The van der Waals surface area contributed by atoms with Crippen LogP contribution < -0.4 is 0 Å². The van der Waals surface area contributed by atoms with Crippen LogP contribution in [0, 0.1) is 5.82 Å². The largest absolute Gasteiger partial charge is 0.375 e. The second-order valence-electron chi connectivity index (χ2n) is 6.29. The zero-order valence-corrected chi connectivity index (χ0v) is 14.4. The van der Waals surface area contributed by atoms with Gasteiger partial charge in [-0.1, -0.05) is 0 Å². The van der Waals surface area contributed by atoms with Crippen molar-refractivity contribution in [2.75, 3.05) is 19.7 Å². The molecule has 6 nitrogen and oxygen atoms in total. The fraction of sp³-hybridized carbons (Fsp3) is 0.263. The first-order chi connectivity index (χ1) is 12.6. The van der Waals surface area contributed by atoms with E-state index in [1.54, 1.807) is 27.9 Å². The number of carbonyl (C=O) groups excluding carboxylic acids is 1. The number of nitrogens with zero attached hydrogens (tertiary/aromatic N) is 4. The Morgan fingerprint density at radius 2 is 1.96 bits per heavy atom. The molecule has 1 aliphatic heterocycles. The van der Waals surface area contributed by atoms with Gasteiger partial charge in [-0.05, 0) is 43.3 Å². The Hall–Kier alpha value is -2.93. The first-order valence-corrected chi connectivity index (χ1v) is 8.51. The van der Waals surface area contributed by atoms with Gasteiger partial charge in [0.2, 0.25) is 0 Å². The quantitative estimate of drug-likeness (QED) is 0.727. The standard InChI is InChI=1S/C19H19FN4O2/c1-14-13-23(10-11-26-14)19(25)17-12-21-24(16-6-4-15(20)5-7-16)18(17)22-8-2-3-9-22/h2-9,12,14H,10-11,13H2,1H3/t14-/m1/s1. The van der Waals surface area contributed by atoms with E-state index in [9.17, 15) is 9.18 Å². The molecule has 0 aliphatic carbocycles. The summed E-state index contributed by atoms with van der Waals surface area (Å²) in [6, 6.07) is 9.80. The van der Waals surface area contributed by atoms with E-state index in [4.69, 9.17) is 4.74 Å². The molecule has 1 aromatic carbocycles. The number of halogens is 1. The van der Waals surface area contributed by atoms with Crippen LogP contribution in [0.4, 0.5) is 4.39 Å². The molecule has 1 aliphatic rings. The maximum absolute atomic E-state index is 13.3. The predicted molar refractivity (Wildman–Crippen MR) is 94.2 cm³/mol. The number of rotatable bonds is 3. The molecule has 0 spiro atoms. The summed E-state index contributed by atoms with van der Waals surface area (Å²) in [4.78, 5) is 14.9. The van der Waals surface area contributed by atoms with E-state index in [0.29, 0.717) is 36.8 Å². The molecule has 2 aromatic heterocycles. The van der Waals surface area contributed by atoms with Gasteiger partial charge < -0.3 is 14.2 Å². The molecule has 1 amide bonds.